The molecular formula is C49H42F4N4. The van der Waals surface area contributed by atoms with Crippen LogP contribution in [0.15, 0.2) is 142 Å². The molecule has 0 saturated carbocycles. The molecule has 0 aliphatic rings. The largest absolute Gasteiger partial charge is 0.206 e. The molecule has 0 amide bonds. The number of hydrogen-bond acceptors (Lipinski definition) is 4. The first-order valence-corrected chi connectivity index (χ1v) is 18.9. The van der Waals surface area contributed by atoms with E-state index in [1.165, 1.54) is 35.4 Å². The van der Waals surface area contributed by atoms with Crippen molar-refractivity contribution < 1.29 is 17.6 Å². The summed E-state index contributed by atoms with van der Waals surface area (Å²) in [5.74, 6) is 8.22. The fourth-order valence-corrected chi connectivity index (χ4v) is 5.44. The monoisotopic (exact) mass is 762 g/mol. The van der Waals surface area contributed by atoms with E-state index in [1.807, 2.05) is 50.2 Å². The highest BCUT2D eigenvalue weighted by Gasteiger charge is 2.09. The van der Waals surface area contributed by atoms with E-state index in [2.05, 4.69) is 70.1 Å². The molecule has 0 aromatic heterocycles. The highest BCUT2D eigenvalue weighted by Crippen LogP contribution is 2.22. The van der Waals surface area contributed by atoms with E-state index in [1.54, 1.807) is 48.5 Å². The van der Waals surface area contributed by atoms with Crippen LogP contribution in [0.2, 0.25) is 0 Å². The first-order chi connectivity index (χ1) is 27.7. The molecule has 0 heterocycles. The van der Waals surface area contributed by atoms with Crippen molar-refractivity contribution in [1.82, 2.24) is 0 Å². The number of benzene rings is 6. The summed E-state index contributed by atoms with van der Waals surface area (Å²) in [6.07, 6.45) is 4.28. The van der Waals surface area contributed by atoms with Gasteiger partial charge in [-0.15, -0.1) is 0 Å². The molecule has 0 saturated heterocycles. The summed E-state index contributed by atoms with van der Waals surface area (Å²) in [7, 11) is 0. The molecule has 4 nitrogen and oxygen atoms in total. The SMILES string of the molecule is CCCc1ccc(N=Nc2ccc(C#Cc3c(F)cc(CC)cc3F)cc2)cc1.CCc1ccc(N=Nc2ccc(C#Cc3c(F)cc(CC)cc3F)cc2)cc1. The van der Waals surface area contributed by atoms with E-state index < -0.39 is 23.3 Å². The Kier molecular flexibility index (Phi) is 15.2. The van der Waals surface area contributed by atoms with Gasteiger partial charge in [0.25, 0.3) is 0 Å². The second-order valence-corrected chi connectivity index (χ2v) is 13.0. The number of hydrogen-bond donors (Lipinski definition) is 0. The van der Waals surface area contributed by atoms with Gasteiger partial charge in [-0.05, 0) is 145 Å². The molecule has 6 aromatic rings. The third-order valence-electron chi connectivity index (χ3n) is 8.80. The minimum absolute atomic E-state index is 0.211. The zero-order valence-corrected chi connectivity index (χ0v) is 32.4. The molecule has 0 N–H and O–H groups in total. The van der Waals surface area contributed by atoms with Crippen LogP contribution in [0.4, 0.5) is 40.3 Å². The lowest BCUT2D eigenvalue weighted by atomic mass is 10.1. The van der Waals surface area contributed by atoms with Gasteiger partial charge in [-0.2, -0.15) is 20.5 Å². The highest BCUT2D eigenvalue weighted by atomic mass is 19.1. The normalized spacial score (nSPS) is 10.7. The van der Waals surface area contributed by atoms with Crippen LogP contribution in [0.25, 0.3) is 0 Å². The van der Waals surface area contributed by atoms with Crippen LogP contribution in [-0.4, -0.2) is 0 Å². The van der Waals surface area contributed by atoms with Crippen molar-refractivity contribution in [2.24, 2.45) is 20.5 Å². The van der Waals surface area contributed by atoms with E-state index in [-0.39, 0.29) is 11.1 Å². The van der Waals surface area contributed by atoms with E-state index in [0.29, 0.717) is 46.5 Å². The minimum atomic E-state index is -0.635. The average molecular weight is 763 g/mol. The van der Waals surface area contributed by atoms with Gasteiger partial charge in [0.2, 0.25) is 0 Å². The standard InChI is InChI=1S/C25H22F2N2.C24H20F2N2/c1-3-5-19-6-11-21(12-7-19)28-29-22-13-8-20(9-14-22)10-15-23-24(26)16-18(4-2)17-25(23)27;1-3-17-5-10-20(11-6-17)27-28-21-12-7-19(8-13-21)9-14-22-23(25)15-18(4-2)16-24(22)26/h6-9,11-14,16-17H,3-5H2,1-2H3;5-8,10-13,15-16H,3-4H2,1-2H3. The quantitative estimate of drug-likeness (QED) is 0.0800. The van der Waals surface area contributed by atoms with Crippen molar-refractivity contribution in [1.29, 1.82) is 0 Å². The Morgan fingerprint density at radius 3 is 0.965 bits per heavy atom. The van der Waals surface area contributed by atoms with Crippen LogP contribution < -0.4 is 0 Å². The van der Waals surface area contributed by atoms with Gasteiger partial charge >= 0.3 is 0 Å². The van der Waals surface area contributed by atoms with Crippen molar-refractivity contribution in [2.75, 3.05) is 0 Å². The summed E-state index contributed by atoms with van der Waals surface area (Å²) in [6, 6.07) is 35.3. The van der Waals surface area contributed by atoms with Crippen LogP contribution in [0.5, 0.6) is 0 Å². The fraction of sp³-hybridized carbons (Fsp3) is 0.184. The van der Waals surface area contributed by atoms with Crippen molar-refractivity contribution in [3.05, 3.63) is 189 Å². The number of rotatable bonds is 9. The van der Waals surface area contributed by atoms with Gasteiger partial charge < -0.3 is 0 Å². The lowest BCUT2D eigenvalue weighted by Gasteiger charge is -2.01. The second-order valence-electron chi connectivity index (χ2n) is 13.0. The molecule has 286 valence electrons. The number of azo groups is 2. The Labute approximate surface area is 332 Å². The van der Waals surface area contributed by atoms with Gasteiger partial charge in [0, 0.05) is 11.1 Å². The average Bonchev–Trinajstić information content (AvgIpc) is 3.23. The fourth-order valence-electron chi connectivity index (χ4n) is 5.44. The van der Waals surface area contributed by atoms with Crippen LogP contribution >= 0.6 is 0 Å². The topological polar surface area (TPSA) is 49.4 Å². The van der Waals surface area contributed by atoms with Gasteiger partial charge in [0.15, 0.2) is 0 Å². The molecule has 6 aromatic carbocycles. The van der Waals surface area contributed by atoms with Crippen molar-refractivity contribution in [3.8, 4) is 23.7 Å². The summed E-state index contributed by atoms with van der Waals surface area (Å²) in [5, 5.41) is 16.8. The molecule has 0 radical (unpaired) electrons. The molecule has 0 unspecified atom stereocenters. The molecule has 0 spiro atoms. The maximum atomic E-state index is 14.0. The molecule has 0 fully saturated rings. The zero-order valence-electron chi connectivity index (χ0n) is 32.4. The maximum Gasteiger partial charge on any atom is 0.142 e. The zero-order chi connectivity index (χ0) is 40.6. The number of nitrogens with zero attached hydrogens (tertiary/aromatic N) is 4. The predicted octanol–water partition coefficient (Wildman–Crippen LogP) is 14.2. The Morgan fingerprint density at radius 1 is 0.368 bits per heavy atom. The summed E-state index contributed by atoms with van der Waals surface area (Å²) in [6.45, 7) is 7.94. The van der Waals surface area contributed by atoms with Crippen molar-refractivity contribution in [2.45, 2.75) is 59.8 Å². The van der Waals surface area contributed by atoms with Gasteiger partial charge in [-0.1, -0.05) is 82.1 Å². The molecule has 8 heteroatoms. The summed E-state index contributed by atoms with van der Waals surface area (Å²) in [4.78, 5) is 0. The predicted molar refractivity (Wildman–Crippen MR) is 221 cm³/mol. The highest BCUT2D eigenvalue weighted by molar-refractivity contribution is 5.51. The summed E-state index contributed by atoms with van der Waals surface area (Å²) in [5.41, 5.74) is 7.54. The first kappa shape index (κ1) is 41.5. The number of aryl methyl sites for hydroxylation is 4. The van der Waals surface area contributed by atoms with E-state index in [4.69, 9.17) is 0 Å². The van der Waals surface area contributed by atoms with Gasteiger partial charge in [-0.3, -0.25) is 0 Å². The van der Waals surface area contributed by atoms with E-state index >= 15 is 0 Å². The lowest BCUT2D eigenvalue weighted by molar-refractivity contribution is 0.573. The molecule has 0 aliphatic heterocycles. The maximum absolute atomic E-state index is 14.0. The summed E-state index contributed by atoms with van der Waals surface area (Å²) < 4.78 is 56.1. The Morgan fingerprint density at radius 2 is 0.667 bits per heavy atom. The molecule has 57 heavy (non-hydrogen) atoms. The van der Waals surface area contributed by atoms with Crippen molar-refractivity contribution in [3.63, 3.8) is 0 Å². The van der Waals surface area contributed by atoms with Gasteiger partial charge in [-0.25, -0.2) is 17.6 Å². The number of halogens is 4. The Bertz CT molecular complexity index is 2400. The van der Waals surface area contributed by atoms with Crippen LogP contribution in [0.1, 0.15) is 78.6 Å². The van der Waals surface area contributed by atoms with Crippen LogP contribution in [0.3, 0.4) is 0 Å². The first-order valence-electron chi connectivity index (χ1n) is 18.9. The van der Waals surface area contributed by atoms with Gasteiger partial charge in [0.1, 0.15) is 23.3 Å². The smallest absolute Gasteiger partial charge is 0.142 e. The lowest BCUT2D eigenvalue weighted by Crippen LogP contribution is -1.93. The summed E-state index contributed by atoms with van der Waals surface area (Å²) >= 11 is 0. The minimum Gasteiger partial charge on any atom is -0.206 e. The van der Waals surface area contributed by atoms with Crippen LogP contribution in [0, 0.1) is 47.0 Å². The van der Waals surface area contributed by atoms with E-state index in [9.17, 15) is 17.6 Å². The van der Waals surface area contributed by atoms with Crippen LogP contribution in [-0.2, 0) is 25.7 Å². The second kappa shape index (κ2) is 20.9. The molecule has 0 bridgehead atoms. The molecular weight excluding hydrogens is 721 g/mol. The van der Waals surface area contributed by atoms with Crippen molar-refractivity contribution >= 4 is 22.7 Å². The Balaban J connectivity index is 0.000000218. The third kappa shape index (κ3) is 12.4. The van der Waals surface area contributed by atoms with E-state index in [0.717, 1.165) is 30.6 Å². The molecule has 0 atom stereocenters. The molecule has 6 rings (SSSR count). The van der Waals surface area contributed by atoms with Gasteiger partial charge in [0.05, 0.1) is 33.9 Å². The molecule has 0 aliphatic carbocycles. The Hall–Kier alpha value is -6.64. The third-order valence-corrected chi connectivity index (χ3v) is 8.80.